The van der Waals surface area contributed by atoms with Gasteiger partial charge in [0.05, 0.1) is 29.8 Å². The molecule has 3 atom stereocenters. The largest absolute Gasteiger partial charge is 0.449 e. The van der Waals surface area contributed by atoms with Crippen LogP contribution in [-0.2, 0) is 10.9 Å². The second-order valence-electron chi connectivity index (χ2n) is 7.55. The van der Waals surface area contributed by atoms with Gasteiger partial charge in [-0.3, -0.25) is 4.90 Å². The Morgan fingerprint density at radius 2 is 1.88 bits per heavy atom. The quantitative estimate of drug-likeness (QED) is 0.449. The molecule has 0 bridgehead atoms. The Kier molecular flexibility index (Phi) is 7.26. The van der Waals surface area contributed by atoms with Gasteiger partial charge < -0.3 is 4.74 Å². The Morgan fingerprint density at radius 1 is 1.22 bits per heavy atom. The van der Waals surface area contributed by atoms with Gasteiger partial charge in [0.1, 0.15) is 0 Å². The number of alkyl halides is 3. The van der Waals surface area contributed by atoms with Crippen LogP contribution in [-0.4, -0.2) is 18.7 Å². The van der Waals surface area contributed by atoms with Crippen molar-refractivity contribution in [1.82, 2.24) is 0 Å². The first-order chi connectivity index (χ1) is 15.1. The second kappa shape index (κ2) is 9.60. The Hall–Kier alpha value is -2.43. The van der Waals surface area contributed by atoms with Gasteiger partial charge in [-0.05, 0) is 67.3 Å². The number of halogens is 5. The summed E-state index contributed by atoms with van der Waals surface area (Å²) in [6, 6.07) is 9.82. The molecule has 0 saturated heterocycles. The van der Waals surface area contributed by atoms with Gasteiger partial charge >= 0.3 is 12.3 Å². The van der Waals surface area contributed by atoms with Gasteiger partial charge in [-0.1, -0.05) is 30.1 Å². The van der Waals surface area contributed by atoms with E-state index in [4.69, 9.17) is 27.9 Å². The fourth-order valence-corrected chi connectivity index (χ4v) is 4.77. The van der Waals surface area contributed by atoms with Crippen molar-refractivity contribution in [2.24, 2.45) is 0 Å². The van der Waals surface area contributed by atoms with Crippen LogP contribution in [0.4, 0.5) is 23.7 Å². The highest BCUT2D eigenvalue weighted by Gasteiger charge is 2.42. The Morgan fingerprint density at radius 3 is 2.41 bits per heavy atom. The highest BCUT2D eigenvalue weighted by molar-refractivity contribution is 6.34. The van der Waals surface area contributed by atoms with Gasteiger partial charge in [-0.15, -0.1) is 0 Å². The van der Waals surface area contributed by atoms with Crippen LogP contribution < -0.4 is 4.90 Å². The number of carbonyl (C=O) groups excluding carboxylic acids is 1. The van der Waals surface area contributed by atoms with E-state index in [2.05, 4.69) is 6.07 Å². The number of ether oxygens (including phenoxy) is 1. The third-order valence-electron chi connectivity index (χ3n) is 5.63. The van der Waals surface area contributed by atoms with Crippen LogP contribution in [0.1, 0.15) is 55.2 Å². The Bertz CT molecular complexity index is 1030. The summed E-state index contributed by atoms with van der Waals surface area (Å²) in [6.45, 7) is 3.67. The third kappa shape index (κ3) is 4.82. The smallest absolute Gasteiger partial charge is 0.416 e. The topological polar surface area (TPSA) is 53.3 Å². The molecule has 9 heteroatoms. The van der Waals surface area contributed by atoms with Crippen LogP contribution in [0, 0.1) is 11.3 Å². The van der Waals surface area contributed by atoms with Crippen LogP contribution in [0.5, 0.6) is 0 Å². The number of hydrogen-bond donors (Lipinski definition) is 0. The summed E-state index contributed by atoms with van der Waals surface area (Å²) >= 11 is 12.2. The molecule has 0 spiro atoms. The van der Waals surface area contributed by atoms with Gasteiger partial charge in [-0.25, -0.2) is 4.79 Å². The number of carbonyl (C=O) groups is 1. The molecule has 0 N–H and O–H groups in total. The van der Waals surface area contributed by atoms with Gasteiger partial charge in [0.2, 0.25) is 0 Å². The van der Waals surface area contributed by atoms with Crippen LogP contribution >= 0.6 is 23.2 Å². The van der Waals surface area contributed by atoms with Crippen LogP contribution in [0.25, 0.3) is 0 Å². The summed E-state index contributed by atoms with van der Waals surface area (Å²) in [4.78, 5) is 14.1. The van der Waals surface area contributed by atoms with E-state index in [0.29, 0.717) is 27.7 Å². The number of fused-ring (bicyclic) bond motifs is 1. The summed E-state index contributed by atoms with van der Waals surface area (Å²) in [5, 5.41) is 10.7. The predicted molar refractivity (Wildman–Crippen MR) is 117 cm³/mol. The maximum absolute atomic E-state index is 13.5. The monoisotopic (exact) mass is 484 g/mol. The van der Waals surface area contributed by atoms with E-state index in [-0.39, 0.29) is 24.6 Å². The second-order valence-corrected chi connectivity index (χ2v) is 8.43. The van der Waals surface area contributed by atoms with E-state index in [1.165, 1.54) is 17.0 Å². The number of nitriles is 1. The lowest BCUT2D eigenvalue weighted by atomic mass is 9.74. The molecule has 2 unspecified atom stereocenters. The van der Waals surface area contributed by atoms with Crippen LogP contribution in [0.15, 0.2) is 36.4 Å². The van der Waals surface area contributed by atoms with Crippen molar-refractivity contribution in [2.45, 2.75) is 50.7 Å². The first-order valence-electron chi connectivity index (χ1n) is 10.1. The van der Waals surface area contributed by atoms with Crippen molar-refractivity contribution >= 4 is 35.0 Å². The standard InChI is InChI=1S/C23H21Cl2F3N2O2/c1-3-17-11-18(20(12-29)13-7-15(24)10-16(25)8-13)19-9-14(23(26,27)28)5-6-21(19)30(17)22(31)32-4-2/h5-10,17-18,20H,3-4,11H2,1-2H3/t17-,18?,20?/m0/s1. The van der Waals surface area contributed by atoms with Crippen LogP contribution in [0.2, 0.25) is 10.0 Å². The fourth-order valence-electron chi connectivity index (χ4n) is 4.23. The number of benzene rings is 2. The van der Waals surface area contributed by atoms with Crippen molar-refractivity contribution < 1.29 is 22.7 Å². The summed E-state index contributed by atoms with van der Waals surface area (Å²) in [5.41, 5.74) is 0.242. The molecule has 0 radical (unpaired) electrons. The zero-order valence-corrected chi connectivity index (χ0v) is 18.9. The molecule has 1 heterocycles. The maximum atomic E-state index is 13.5. The summed E-state index contributed by atoms with van der Waals surface area (Å²) in [6.07, 6.45) is -4.38. The van der Waals surface area contributed by atoms with Crippen molar-refractivity contribution in [3.63, 3.8) is 0 Å². The lowest BCUT2D eigenvalue weighted by Gasteiger charge is -2.41. The molecule has 1 aliphatic heterocycles. The third-order valence-corrected chi connectivity index (χ3v) is 6.06. The van der Waals surface area contributed by atoms with Gasteiger partial charge in [0, 0.05) is 22.0 Å². The lowest BCUT2D eigenvalue weighted by molar-refractivity contribution is -0.137. The molecule has 0 fully saturated rings. The molecule has 170 valence electrons. The SMILES string of the molecule is CCOC(=O)N1c2ccc(C(F)(F)F)cc2C(C(C#N)c2cc(Cl)cc(Cl)c2)C[C@@H]1CC. The summed E-state index contributed by atoms with van der Waals surface area (Å²) < 4.78 is 45.7. The first kappa shape index (κ1) is 24.2. The molecule has 3 rings (SSSR count). The van der Waals surface area contributed by atoms with Crippen molar-refractivity contribution in [3.8, 4) is 6.07 Å². The highest BCUT2D eigenvalue weighted by Crippen LogP contribution is 2.48. The minimum absolute atomic E-state index is 0.132. The van der Waals surface area contributed by atoms with Crippen LogP contribution in [0.3, 0.4) is 0 Å². The zero-order valence-electron chi connectivity index (χ0n) is 17.4. The average Bonchev–Trinajstić information content (AvgIpc) is 2.72. The minimum atomic E-state index is -4.57. The average molecular weight is 485 g/mol. The summed E-state index contributed by atoms with van der Waals surface area (Å²) in [7, 11) is 0. The van der Waals surface area contributed by atoms with E-state index in [9.17, 15) is 23.2 Å². The molecule has 1 aliphatic rings. The molecule has 0 aromatic heterocycles. The number of nitrogens with zero attached hydrogens (tertiary/aromatic N) is 2. The molecule has 32 heavy (non-hydrogen) atoms. The van der Waals surface area contributed by atoms with E-state index < -0.39 is 29.7 Å². The van der Waals surface area contributed by atoms with E-state index in [1.54, 1.807) is 19.1 Å². The molecule has 4 nitrogen and oxygen atoms in total. The fraction of sp³-hybridized carbons (Fsp3) is 0.391. The molecule has 0 saturated carbocycles. The number of hydrogen-bond acceptors (Lipinski definition) is 3. The Balaban J connectivity index is 2.21. The molecular formula is C23H21Cl2F3N2O2. The lowest BCUT2D eigenvalue weighted by Crippen LogP contribution is -2.45. The molecule has 0 aliphatic carbocycles. The number of amides is 1. The van der Waals surface area contributed by atoms with Gasteiger partial charge in [-0.2, -0.15) is 18.4 Å². The first-order valence-corrected chi connectivity index (χ1v) is 10.9. The van der Waals surface area contributed by atoms with Crippen molar-refractivity contribution in [1.29, 1.82) is 5.26 Å². The van der Waals surface area contributed by atoms with Crippen molar-refractivity contribution in [3.05, 3.63) is 63.1 Å². The highest BCUT2D eigenvalue weighted by atomic mass is 35.5. The van der Waals surface area contributed by atoms with Gasteiger partial charge in [0.25, 0.3) is 0 Å². The summed E-state index contributed by atoms with van der Waals surface area (Å²) in [5.74, 6) is -1.42. The maximum Gasteiger partial charge on any atom is 0.416 e. The molecule has 2 aromatic carbocycles. The normalized spacial score (nSPS) is 19.1. The van der Waals surface area contributed by atoms with Crippen molar-refractivity contribution in [2.75, 3.05) is 11.5 Å². The molecule has 2 aromatic rings. The number of rotatable bonds is 4. The molecule has 1 amide bonds. The minimum Gasteiger partial charge on any atom is -0.449 e. The van der Waals surface area contributed by atoms with Gasteiger partial charge in [0.15, 0.2) is 0 Å². The van der Waals surface area contributed by atoms with E-state index >= 15 is 0 Å². The predicted octanol–water partition coefficient (Wildman–Crippen LogP) is 7.55. The Labute approximate surface area is 194 Å². The number of anilines is 1. The molecular weight excluding hydrogens is 464 g/mol. The van der Waals surface area contributed by atoms with E-state index in [0.717, 1.165) is 12.1 Å². The zero-order chi connectivity index (χ0) is 23.6. The van der Waals surface area contributed by atoms with E-state index in [1.807, 2.05) is 6.92 Å².